The molecule has 0 radical (unpaired) electrons. The SMILES string of the molecule is [O]=[Sb]([F])([F])[F].c1ccc([SH+]c2ccccc2)cc1. The standard InChI is InChI=1S/C12H10S.3FH.O.Sb/c1-3-7-11(8-4-1)13-12-9-5-2-6-10-12;;;;;/h1-10H;3*1H;;/q;;;;;+3/p-2. The minimum Gasteiger partial charge on any atom is -0.0619 e. The number of rotatable bonds is 2. The van der Waals surface area contributed by atoms with Crippen LogP contribution in [0.15, 0.2) is 70.5 Å². The van der Waals surface area contributed by atoms with Crippen LogP contribution in [-0.2, 0) is 14.8 Å². The summed E-state index contributed by atoms with van der Waals surface area (Å²) in [6, 6.07) is 21.0. The molecule has 0 aliphatic heterocycles. The fourth-order valence-corrected chi connectivity index (χ4v) is 2.09. The van der Waals surface area contributed by atoms with Crippen LogP contribution in [0.5, 0.6) is 0 Å². The van der Waals surface area contributed by atoms with Crippen LogP contribution in [0, 0.1) is 0 Å². The summed E-state index contributed by atoms with van der Waals surface area (Å²) < 4.78 is 38.3. The quantitative estimate of drug-likeness (QED) is 0.440. The van der Waals surface area contributed by atoms with Crippen LogP contribution in [0.1, 0.15) is 0 Å². The molecule has 0 heterocycles. The zero-order valence-electron chi connectivity index (χ0n) is 9.21. The Morgan fingerprint density at radius 1 is 0.722 bits per heavy atom. The number of thiol groups is 1. The molecular weight excluding hydrogens is 371 g/mol. The maximum absolute atomic E-state index is 10.00. The second-order valence-corrected chi connectivity index (χ2v) is 6.71. The molecule has 2 aromatic rings. The molecule has 0 aromatic heterocycles. The van der Waals surface area contributed by atoms with Gasteiger partial charge in [0.1, 0.15) is 0 Å². The summed E-state index contributed by atoms with van der Waals surface area (Å²) in [4.78, 5) is 2.68. The Hall–Kier alpha value is -0.802. The summed E-state index contributed by atoms with van der Waals surface area (Å²) in [5, 5.41) is 0. The number of hydrogen-bond acceptors (Lipinski definition) is 1. The van der Waals surface area contributed by atoms with Crippen LogP contribution in [0.3, 0.4) is 0 Å². The maximum Gasteiger partial charge on any atom is 0.158 e. The van der Waals surface area contributed by atoms with Crippen molar-refractivity contribution in [2.24, 2.45) is 0 Å². The summed E-state index contributed by atoms with van der Waals surface area (Å²) in [6.45, 7) is 0. The van der Waals surface area contributed by atoms with Crippen molar-refractivity contribution in [1.82, 2.24) is 0 Å². The van der Waals surface area contributed by atoms with Crippen molar-refractivity contribution in [3.8, 4) is 0 Å². The van der Waals surface area contributed by atoms with Crippen LogP contribution < -0.4 is 0 Å². The van der Waals surface area contributed by atoms with E-state index in [0.717, 1.165) is 0 Å². The van der Waals surface area contributed by atoms with Gasteiger partial charge in [0.15, 0.2) is 9.79 Å². The molecule has 0 amide bonds. The van der Waals surface area contributed by atoms with Crippen LogP contribution in [0.2, 0.25) is 0 Å². The van der Waals surface area contributed by atoms with Crippen molar-refractivity contribution < 1.29 is 11.5 Å². The average Bonchev–Trinajstić information content (AvgIpc) is 2.29. The Kier molecular flexibility index (Phi) is 6.44. The molecular formula is C12H11F3OSSb+. The summed E-state index contributed by atoms with van der Waals surface area (Å²) >= 11 is -5.57. The second-order valence-electron chi connectivity index (χ2n) is 3.18. The van der Waals surface area contributed by atoms with Gasteiger partial charge >= 0.3 is 32.0 Å². The zero-order valence-corrected chi connectivity index (χ0v) is 12.7. The van der Waals surface area contributed by atoms with Gasteiger partial charge in [-0.1, -0.05) is 36.4 Å². The molecule has 0 aliphatic rings. The molecule has 0 bridgehead atoms. The van der Waals surface area contributed by atoms with Gasteiger partial charge in [-0.3, -0.25) is 0 Å². The summed E-state index contributed by atoms with van der Waals surface area (Å²) in [5.74, 6) is 0. The molecule has 0 saturated heterocycles. The maximum atomic E-state index is 10.00. The Balaban J connectivity index is 0.000000280. The Labute approximate surface area is 114 Å². The molecule has 0 N–H and O–H groups in total. The van der Waals surface area contributed by atoms with Gasteiger partial charge in [0.05, 0.1) is 0 Å². The van der Waals surface area contributed by atoms with E-state index >= 15 is 0 Å². The Morgan fingerprint density at radius 3 is 1.28 bits per heavy atom. The third kappa shape index (κ3) is 8.31. The van der Waals surface area contributed by atoms with Gasteiger partial charge in [-0.15, -0.1) is 0 Å². The van der Waals surface area contributed by atoms with E-state index in [9.17, 15) is 8.44 Å². The monoisotopic (exact) mass is 381 g/mol. The molecule has 0 saturated carbocycles. The van der Waals surface area contributed by atoms with Gasteiger partial charge in [0, 0.05) is 11.8 Å². The van der Waals surface area contributed by atoms with Crippen LogP contribution in [0.4, 0.5) is 8.44 Å². The molecule has 1 nitrogen and oxygen atoms in total. The van der Waals surface area contributed by atoms with Gasteiger partial charge in [0.2, 0.25) is 0 Å². The number of halogens is 3. The topological polar surface area (TPSA) is 17.1 Å². The molecule has 2 aromatic carbocycles. The molecule has 18 heavy (non-hydrogen) atoms. The predicted octanol–water partition coefficient (Wildman–Crippen LogP) is 3.68. The first-order chi connectivity index (χ1) is 8.45. The van der Waals surface area contributed by atoms with Crippen molar-refractivity contribution in [2.45, 2.75) is 9.79 Å². The van der Waals surface area contributed by atoms with E-state index in [1.807, 2.05) is 12.1 Å². The predicted molar refractivity (Wildman–Crippen MR) is 67.9 cm³/mol. The minimum absolute atomic E-state index is 1.28. The molecule has 2 rings (SSSR count). The first kappa shape index (κ1) is 15.3. The van der Waals surface area contributed by atoms with Crippen molar-refractivity contribution in [2.75, 3.05) is 0 Å². The van der Waals surface area contributed by atoms with E-state index in [1.165, 1.54) is 21.6 Å². The van der Waals surface area contributed by atoms with Crippen molar-refractivity contribution in [3.63, 3.8) is 0 Å². The molecule has 0 spiro atoms. The fourth-order valence-electron chi connectivity index (χ4n) is 1.15. The minimum atomic E-state index is -6.85. The number of hydrogen-bond donors (Lipinski definition) is 0. The van der Waals surface area contributed by atoms with E-state index in [2.05, 4.69) is 48.5 Å². The van der Waals surface area contributed by atoms with Crippen molar-refractivity contribution >= 4 is 32.3 Å². The van der Waals surface area contributed by atoms with Crippen LogP contribution in [-0.4, -0.2) is 20.5 Å². The van der Waals surface area contributed by atoms with Gasteiger partial charge in [-0.2, -0.15) is 0 Å². The summed E-state index contributed by atoms with van der Waals surface area (Å²) in [7, 11) is 0. The molecule has 0 atom stereocenters. The third-order valence-corrected chi connectivity index (χ3v) is 2.88. The molecule has 0 fully saturated rings. The summed E-state index contributed by atoms with van der Waals surface area (Å²) in [6.07, 6.45) is 0. The molecule has 0 unspecified atom stereocenters. The third-order valence-electron chi connectivity index (χ3n) is 1.77. The zero-order chi connectivity index (χ0) is 13.4. The number of benzene rings is 2. The van der Waals surface area contributed by atoms with Crippen molar-refractivity contribution in [1.29, 1.82) is 0 Å². The first-order valence-corrected chi connectivity index (χ1v) is 9.79. The van der Waals surface area contributed by atoms with Gasteiger partial charge < -0.3 is 0 Å². The Morgan fingerprint density at radius 2 is 1.00 bits per heavy atom. The normalized spacial score (nSPS) is 10.4. The largest absolute Gasteiger partial charge is 0.158 e. The first-order valence-electron chi connectivity index (χ1n) is 4.96. The Bertz CT molecular complexity index is 455. The van der Waals surface area contributed by atoms with Crippen LogP contribution >= 0.6 is 0 Å². The molecule has 6 heteroatoms. The van der Waals surface area contributed by atoms with Gasteiger partial charge in [-0.25, -0.2) is 0 Å². The van der Waals surface area contributed by atoms with Crippen LogP contribution in [0.25, 0.3) is 0 Å². The molecule has 0 aliphatic carbocycles. The van der Waals surface area contributed by atoms with E-state index in [1.54, 1.807) is 0 Å². The van der Waals surface area contributed by atoms with E-state index in [-0.39, 0.29) is 0 Å². The van der Waals surface area contributed by atoms with Gasteiger partial charge in [0.25, 0.3) is 0 Å². The van der Waals surface area contributed by atoms with E-state index in [0.29, 0.717) is 0 Å². The second kappa shape index (κ2) is 7.59. The van der Waals surface area contributed by atoms with Gasteiger partial charge in [-0.05, 0) is 24.3 Å². The fraction of sp³-hybridized carbons (Fsp3) is 0. The smallest absolute Gasteiger partial charge is 0.0619 e. The van der Waals surface area contributed by atoms with Crippen molar-refractivity contribution in [3.05, 3.63) is 60.7 Å². The average molecular weight is 382 g/mol. The van der Waals surface area contributed by atoms with E-state index < -0.39 is 20.5 Å². The summed E-state index contributed by atoms with van der Waals surface area (Å²) in [5.41, 5.74) is 0. The molecule has 96 valence electrons. The van der Waals surface area contributed by atoms with E-state index in [4.69, 9.17) is 3.02 Å².